The van der Waals surface area contributed by atoms with Crippen molar-refractivity contribution in [1.82, 2.24) is 5.32 Å². The number of amides is 1. The third kappa shape index (κ3) is 5.82. The average Bonchev–Trinajstić information content (AvgIpc) is 2.75. The molecule has 162 valence electrons. The zero-order valence-corrected chi connectivity index (χ0v) is 17.9. The predicted molar refractivity (Wildman–Crippen MR) is 117 cm³/mol. The van der Waals surface area contributed by atoms with Crippen LogP contribution in [-0.4, -0.2) is 20.9 Å². The van der Waals surface area contributed by atoms with E-state index in [2.05, 4.69) is 10.0 Å². The fourth-order valence-corrected chi connectivity index (χ4v) is 3.96. The van der Waals surface area contributed by atoms with E-state index in [4.69, 9.17) is 4.74 Å². The molecule has 0 aromatic heterocycles. The largest absolute Gasteiger partial charge is 0.494 e. The van der Waals surface area contributed by atoms with E-state index in [-0.39, 0.29) is 16.8 Å². The lowest BCUT2D eigenvalue weighted by atomic mass is 10.1. The first-order valence-electron chi connectivity index (χ1n) is 9.70. The van der Waals surface area contributed by atoms with E-state index in [0.29, 0.717) is 17.9 Å². The van der Waals surface area contributed by atoms with Crippen LogP contribution in [0.25, 0.3) is 0 Å². The molecule has 0 aliphatic rings. The molecule has 0 saturated heterocycles. The molecule has 0 aliphatic heterocycles. The van der Waals surface area contributed by atoms with Gasteiger partial charge in [0.05, 0.1) is 17.5 Å². The minimum Gasteiger partial charge on any atom is -0.494 e. The van der Waals surface area contributed by atoms with Crippen molar-refractivity contribution in [3.63, 3.8) is 0 Å². The summed E-state index contributed by atoms with van der Waals surface area (Å²) in [4.78, 5) is 12.5. The maximum Gasteiger partial charge on any atom is 0.261 e. The summed E-state index contributed by atoms with van der Waals surface area (Å²) in [5.41, 5.74) is 1.61. The summed E-state index contributed by atoms with van der Waals surface area (Å²) in [5.74, 6) is -0.0356. The van der Waals surface area contributed by atoms with Crippen LogP contribution in [0.3, 0.4) is 0 Å². The first kappa shape index (κ1) is 22.3. The van der Waals surface area contributed by atoms with Crippen molar-refractivity contribution < 1.29 is 22.3 Å². The highest BCUT2D eigenvalue weighted by Gasteiger charge is 2.15. The molecule has 0 heterocycles. The minimum absolute atomic E-state index is 0.0556. The summed E-state index contributed by atoms with van der Waals surface area (Å²) in [6, 6.07) is 17.8. The van der Waals surface area contributed by atoms with E-state index < -0.39 is 15.8 Å². The topological polar surface area (TPSA) is 84.5 Å². The van der Waals surface area contributed by atoms with Gasteiger partial charge in [0, 0.05) is 11.3 Å². The molecule has 3 aromatic rings. The van der Waals surface area contributed by atoms with E-state index in [1.165, 1.54) is 36.4 Å². The van der Waals surface area contributed by atoms with E-state index in [1.54, 1.807) is 0 Å². The van der Waals surface area contributed by atoms with Crippen LogP contribution in [0.1, 0.15) is 35.8 Å². The number of halogens is 1. The van der Waals surface area contributed by atoms with Crippen molar-refractivity contribution in [2.45, 2.75) is 24.8 Å². The molecule has 1 unspecified atom stereocenters. The van der Waals surface area contributed by atoms with Crippen molar-refractivity contribution in [3.05, 3.63) is 89.7 Å². The second kappa shape index (κ2) is 9.61. The van der Waals surface area contributed by atoms with Crippen LogP contribution in [0.5, 0.6) is 5.75 Å². The fourth-order valence-electron chi connectivity index (χ4n) is 2.90. The second-order valence-electron chi connectivity index (χ2n) is 6.83. The molecule has 31 heavy (non-hydrogen) atoms. The smallest absolute Gasteiger partial charge is 0.261 e. The standard InChI is InChI=1S/C23H23FN2O4S/c1-3-30-21-12-6-17(7-13-21)16(2)25-23(27)18-4-10-20(11-5-18)26-31(28,29)22-14-8-19(24)9-15-22/h4-16,26H,3H2,1-2H3,(H,25,27). The number of rotatable bonds is 8. The van der Waals surface area contributed by atoms with Gasteiger partial charge in [-0.1, -0.05) is 12.1 Å². The molecule has 0 bridgehead atoms. The molecule has 3 aromatic carbocycles. The number of benzene rings is 3. The van der Waals surface area contributed by atoms with Gasteiger partial charge >= 0.3 is 0 Å². The van der Waals surface area contributed by atoms with Gasteiger partial charge in [-0.05, 0) is 80.1 Å². The third-order valence-corrected chi connectivity index (χ3v) is 5.96. The number of carbonyl (C=O) groups is 1. The number of anilines is 1. The fraction of sp³-hybridized carbons (Fsp3) is 0.174. The number of sulfonamides is 1. The summed E-state index contributed by atoms with van der Waals surface area (Å²) >= 11 is 0. The van der Waals surface area contributed by atoms with Gasteiger partial charge in [-0.15, -0.1) is 0 Å². The first-order valence-corrected chi connectivity index (χ1v) is 11.2. The number of nitrogens with one attached hydrogen (secondary N) is 2. The Kier molecular flexibility index (Phi) is 6.91. The highest BCUT2D eigenvalue weighted by molar-refractivity contribution is 7.92. The highest BCUT2D eigenvalue weighted by Crippen LogP contribution is 2.20. The normalized spacial score (nSPS) is 12.1. The highest BCUT2D eigenvalue weighted by atomic mass is 32.2. The quantitative estimate of drug-likeness (QED) is 0.537. The van der Waals surface area contributed by atoms with Crippen molar-refractivity contribution in [1.29, 1.82) is 0 Å². The Hall–Kier alpha value is -3.39. The van der Waals surface area contributed by atoms with E-state index in [1.807, 2.05) is 38.1 Å². The first-order chi connectivity index (χ1) is 14.8. The van der Waals surface area contributed by atoms with Crippen LogP contribution >= 0.6 is 0 Å². The Morgan fingerprint density at radius 1 is 0.968 bits per heavy atom. The van der Waals surface area contributed by atoms with E-state index in [0.717, 1.165) is 23.4 Å². The molecule has 0 aliphatic carbocycles. The Labute approximate surface area is 181 Å². The average molecular weight is 443 g/mol. The van der Waals surface area contributed by atoms with Crippen molar-refractivity contribution in [3.8, 4) is 5.75 Å². The Morgan fingerprint density at radius 2 is 1.58 bits per heavy atom. The lowest BCUT2D eigenvalue weighted by Crippen LogP contribution is -2.26. The molecular formula is C23H23FN2O4S. The van der Waals surface area contributed by atoms with Gasteiger partial charge in [-0.2, -0.15) is 0 Å². The van der Waals surface area contributed by atoms with Gasteiger partial charge in [-0.3, -0.25) is 9.52 Å². The zero-order chi connectivity index (χ0) is 22.4. The molecule has 0 radical (unpaired) electrons. The van der Waals surface area contributed by atoms with Crippen LogP contribution in [-0.2, 0) is 10.0 Å². The van der Waals surface area contributed by atoms with Gasteiger partial charge in [0.1, 0.15) is 11.6 Å². The number of carbonyl (C=O) groups excluding carboxylic acids is 1. The molecule has 2 N–H and O–H groups in total. The van der Waals surface area contributed by atoms with Crippen molar-refractivity contribution >= 4 is 21.6 Å². The maximum absolute atomic E-state index is 13.0. The molecular weight excluding hydrogens is 419 g/mol. The summed E-state index contributed by atoms with van der Waals surface area (Å²) in [7, 11) is -3.85. The molecule has 0 spiro atoms. The van der Waals surface area contributed by atoms with Crippen LogP contribution in [0.4, 0.5) is 10.1 Å². The predicted octanol–water partition coefficient (Wildman–Crippen LogP) is 4.52. The molecule has 8 heteroatoms. The summed E-state index contributed by atoms with van der Waals surface area (Å²) < 4.78 is 45.6. The molecule has 1 atom stereocenters. The Balaban J connectivity index is 1.63. The Morgan fingerprint density at radius 3 is 2.16 bits per heavy atom. The monoisotopic (exact) mass is 442 g/mol. The van der Waals surface area contributed by atoms with Crippen LogP contribution in [0.2, 0.25) is 0 Å². The summed E-state index contributed by atoms with van der Waals surface area (Å²) in [6.45, 7) is 4.37. The minimum atomic E-state index is -3.85. The summed E-state index contributed by atoms with van der Waals surface area (Å²) in [5, 5.41) is 2.91. The van der Waals surface area contributed by atoms with Crippen molar-refractivity contribution in [2.24, 2.45) is 0 Å². The van der Waals surface area contributed by atoms with Gasteiger partial charge in [0.25, 0.3) is 15.9 Å². The van der Waals surface area contributed by atoms with Crippen LogP contribution < -0.4 is 14.8 Å². The molecule has 0 fully saturated rings. The van der Waals surface area contributed by atoms with Crippen LogP contribution in [0, 0.1) is 5.82 Å². The van der Waals surface area contributed by atoms with E-state index in [9.17, 15) is 17.6 Å². The lowest BCUT2D eigenvalue weighted by molar-refractivity contribution is 0.0940. The molecule has 6 nitrogen and oxygen atoms in total. The number of ether oxygens (including phenoxy) is 1. The Bertz CT molecular complexity index is 1130. The third-order valence-electron chi connectivity index (χ3n) is 4.56. The van der Waals surface area contributed by atoms with Gasteiger partial charge in [0.2, 0.25) is 0 Å². The molecule has 0 saturated carbocycles. The number of hydrogen-bond donors (Lipinski definition) is 2. The molecule has 3 rings (SSSR count). The van der Waals surface area contributed by atoms with Gasteiger partial charge < -0.3 is 10.1 Å². The zero-order valence-electron chi connectivity index (χ0n) is 17.1. The van der Waals surface area contributed by atoms with Gasteiger partial charge in [-0.25, -0.2) is 12.8 Å². The van der Waals surface area contributed by atoms with Crippen molar-refractivity contribution in [2.75, 3.05) is 11.3 Å². The maximum atomic E-state index is 13.0. The second-order valence-corrected chi connectivity index (χ2v) is 8.52. The van der Waals surface area contributed by atoms with Crippen LogP contribution in [0.15, 0.2) is 77.7 Å². The van der Waals surface area contributed by atoms with Gasteiger partial charge in [0.15, 0.2) is 0 Å². The SMILES string of the molecule is CCOc1ccc(C(C)NC(=O)c2ccc(NS(=O)(=O)c3ccc(F)cc3)cc2)cc1. The molecule has 1 amide bonds. The summed E-state index contributed by atoms with van der Waals surface area (Å²) in [6.07, 6.45) is 0. The van der Waals surface area contributed by atoms with E-state index >= 15 is 0 Å². The lowest BCUT2D eigenvalue weighted by Gasteiger charge is -2.15. The number of hydrogen-bond acceptors (Lipinski definition) is 4.